The van der Waals surface area contributed by atoms with E-state index in [2.05, 4.69) is 20.7 Å². The molecule has 0 atom stereocenters. The van der Waals surface area contributed by atoms with E-state index in [1.165, 1.54) is 12.1 Å². The molecular weight excluding hydrogens is 299 g/mol. The van der Waals surface area contributed by atoms with Gasteiger partial charge < -0.3 is 20.7 Å². The van der Waals surface area contributed by atoms with E-state index in [-0.39, 0.29) is 5.75 Å². The van der Waals surface area contributed by atoms with Crippen LogP contribution in [-0.4, -0.2) is 32.0 Å². The summed E-state index contributed by atoms with van der Waals surface area (Å²) in [6.07, 6.45) is -1.83. The summed E-state index contributed by atoms with van der Waals surface area (Å²) in [5.41, 5.74) is 1.52. The van der Waals surface area contributed by atoms with Crippen LogP contribution in [0, 0.1) is 0 Å². The molecule has 0 aromatic heterocycles. The number of amides is 2. The Balaban J connectivity index is 1.80. The van der Waals surface area contributed by atoms with Gasteiger partial charge in [0.1, 0.15) is 5.75 Å². The highest BCUT2D eigenvalue weighted by Gasteiger charge is 2.30. The Morgan fingerprint density at radius 2 is 2.00 bits per heavy atom. The molecule has 0 bridgehead atoms. The smallest absolute Gasteiger partial charge is 0.406 e. The first kappa shape index (κ1) is 16.2. The number of carbonyl (C=O) groups is 1. The summed E-state index contributed by atoms with van der Waals surface area (Å²) in [5, 5.41) is 8.41. The topological polar surface area (TPSA) is 62.4 Å². The number of halogens is 3. The number of urea groups is 1. The Bertz CT molecular complexity index is 541. The summed E-state index contributed by atoms with van der Waals surface area (Å²) in [5.74, 6) is -0.335. The fraction of sp³-hybridized carbons (Fsp3) is 0.357. The molecule has 0 unspecified atom stereocenters. The van der Waals surface area contributed by atoms with Crippen LogP contribution < -0.4 is 20.7 Å². The minimum absolute atomic E-state index is 0.335. The fourth-order valence-corrected chi connectivity index (χ4v) is 1.94. The molecule has 1 aromatic carbocycles. The maximum absolute atomic E-state index is 12.0. The van der Waals surface area contributed by atoms with Crippen molar-refractivity contribution >= 4 is 11.7 Å². The van der Waals surface area contributed by atoms with E-state index in [9.17, 15) is 18.0 Å². The summed E-state index contributed by atoms with van der Waals surface area (Å²) < 4.78 is 39.8. The maximum atomic E-state index is 12.0. The van der Waals surface area contributed by atoms with Crippen molar-refractivity contribution in [2.75, 3.05) is 25.0 Å². The Hall–Kier alpha value is -2.22. The standard InChI is InChI=1S/C14H16F3N3O2/c15-14(16,17)22-12-3-1-11(2-4-12)20-13(21)19-9-10-5-7-18-8-6-10/h1-5,18H,6-9H2,(H2,19,20,21). The molecule has 0 spiro atoms. The highest BCUT2D eigenvalue weighted by atomic mass is 19.4. The number of ether oxygens (including phenoxy) is 1. The molecule has 3 N–H and O–H groups in total. The first-order chi connectivity index (χ1) is 10.4. The van der Waals surface area contributed by atoms with Crippen LogP contribution >= 0.6 is 0 Å². The highest BCUT2D eigenvalue weighted by molar-refractivity contribution is 5.89. The normalized spacial score (nSPS) is 15.0. The third-order valence-electron chi connectivity index (χ3n) is 2.98. The molecule has 5 nitrogen and oxygen atoms in total. The van der Waals surface area contributed by atoms with E-state index in [4.69, 9.17) is 0 Å². The highest BCUT2D eigenvalue weighted by Crippen LogP contribution is 2.23. The molecule has 2 rings (SSSR count). The number of hydrogen-bond donors (Lipinski definition) is 3. The molecule has 0 radical (unpaired) electrons. The predicted octanol–water partition coefficient (Wildman–Crippen LogP) is 2.63. The van der Waals surface area contributed by atoms with Crippen LogP contribution in [0.1, 0.15) is 6.42 Å². The minimum Gasteiger partial charge on any atom is -0.406 e. The van der Waals surface area contributed by atoms with Gasteiger partial charge in [-0.3, -0.25) is 0 Å². The third-order valence-corrected chi connectivity index (χ3v) is 2.98. The van der Waals surface area contributed by atoms with E-state index < -0.39 is 12.4 Å². The van der Waals surface area contributed by atoms with Gasteiger partial charge in [0.2, 0.25) is 0 Å². The van der Waals surface area contributed by atoms with Crippen LogP contribution in [0.4, 0.5) is 23.7 Å². The van der Waals surface area contributed by atoms with Crippen LogP contribution in [-0.2, 0) is 0 Å². The maximum Gasteiger partial charge on any atom is 0.573 e. The zero-order chi connectivity index (χ0) is 16.0. The van der Waals surface area contributed by atoms with Gasteiger partial charge in [-0.25, -0.2) is 4.79 Å². The van der Waals surface area contributed by atoms with Crippen molar-refractivity contribution in [3.05, 3.63) is 35.9 Å². The van der Waals surface area contributed by atoms with Crippen molar-refractivity contribution in [2.45, 2.75) is 12.8 Å². The Labute approximate surface area is 125 Å². The molecular formula is C14H16F3N3O2. The lowest BCUT2D eigenvalue weighted by molar-refractivity contribution is -0.274. The first-order valence-corrected chi connectivity index (χ1v) is 6.72. The molecule has 0 fully saturated rings. The molecule has 1 heterocycles. The lowest BCUT2D eigenvalue weighted by atomic mass is 10.1. The molecule has 22 heavy (non-hydrogen) atoms. The molecule has 1 aliphatic heterocycles. The van der Waals surface area contributed by atoms with E-state index in [1.54, 1.807) is 0 Å². The molecule has 8 heteroatoms. The van der Waals surface area contributed by atoms with Crippen molar-refractivity contribution in [3.63, 3.8) is 0 Å². The van der Waals surface area contributed by atoms with Gasteiger partial charge in [0.15, 0.2) is 0 Å². The molecule has 2 amide bonds. The number of hydrogen-bond acceptors (Lipinski definition) is 3. The molecule has 0 aliphatic carbocycles. The Kier molecular flexibility index (Phi) is 5.26. The van der Waals surface area contributed by atoms with Crippen LogP contribution in [0.2, 0.25) is 0 Å². The molecule has 0 saturated carbocycles. The van der Waals surface area contributed by atoms with Crippen LogP contribution in [0.25, 0.3) is 0 Å². The third kappa shape index (κ3) is 5.65. The molecule has 120 valence electrons. The summed E-state index contributed by atoms with van der Waals surface area (Å²) in [6.45, 7) is 2.12. The monoisotopic (exact) mass is 315 g/mol. The summed E-state index contributed by atoms with van der Waals surface area (Å²) in [7, 11) is 0. The quantitative estimate of drug-likeness (QED) is 0.749. The number of alkyl halides is 3. The number of rotatable bonds is 4. The zero-order valence-electron chi connectivity index (χ0n) is 11.7. The SMILES string of the molecule is O=C(NCC1=CCNCC1)Nc1ccc(OC(F)(F)F)cc1. The summed E-state index contributed by atoms with van der Waals surface area (Å²) in [4.78, 5) is 11.7. The van der Waals surface area contributed by atoms with E-state index in [0.29, 0.717) is 12.2 Å². The van der Waals surface area contributed by atoms with Crippen molar-refractivity contribution < 1.29 is 22.7 Å². The fourth-order valence-electron chi connectivity index (χ4n) is 1.94. The Morgan fingerprint density at radius 1 is 1.27 bits per heavy atom. The van der Waals surface area contributed by atoms with Crippen molar-refractivity contribution in [1.82, 2.24) is 10.6 Å². The second kappa shape index (κ2) is 7.17. The lowest BCUT2D eigenvalue weighted by Crippen LogP contribution is -2.32. The molecule has 1 aromatic rings. The van der Waals surface area contributed by atoms with Crippen molar-refractivity contribution in [3.8, 4) is 5.75 Å². The van der Waals surface area contributed by atoms with E-state index in [0.717, 1.165) is 37.2 Å². The zero-order valence-corrected chi connectivity index (χ0v) is 11.7. The summed E-state index contributed by atoms with van der Waals surface area (Å²) >= 11 is 0. The number of anilines is 1. The first-order valence-electron chi connectivity index (χ1n) is 6.72. The van der Waals surface area contributed by atoms with Gasteiger partial charge in [0.25, 0.3) is 0 Å². The minimum atomic E-state index is -4.73. The number of carbonyl (C=O) groups excluding carboxylic acids is 1. The van der Waals surface area contributed by atoms with E-state index >= 15 is 0 Å². The summed E-state index contributed by atoms with van der Waals surface area (Å²) in [6, 6.07) is 4.54. The van der Waals surface area contributed by atoms with Crippen LogP contribution in [0.3, 0.4) is 0 Å². The second-order valence-corrected chi connectivity index (χ2v) is 4.70. The van der Waals surface area contributed by atoms with Gasteiger partial charge in [0.05, 0.1) is 0 Å². The largest absolute Gasteiger partial charge is 0.573 e. The number of benzene rings is 1. The van der Waals surface area contributed by atoms with Crippen LogP contribution in [0.5, 0.6) is 5.75 Å². The van der Waals surface area contributed by atoms with Gasteiger partial charge >= 0.3 is 12.4 Å². The van der Waals surface area contributed by atoms with Gasteiger partial charge in [-0.1, -0.05) is 11.6 Å². The van der Waals surface area contributed by atoms with Gasteiger partial charge in [-0.05, 0) is 37.2 Å². The van der Waals surface area contributed by atoms with Gasteiger partial charge in [0, 0.05) is 18.8 Å². The average Bonchev–Trinajstić information content (AvgIpc) is 2.47. The van der Waals surface area contributed by atoms with Crippen LogP contribution in [0.15, 0.2) is 35.9 Å². The van der Waals surface area contributed by atoms with Gasteiger partial charge in [-0.2, -0.15) is 0 Å². The van der Waals surface area contributed by atoms with Crippen molar-refractivity contribution in [1.29, 1.82) is 0 Å². The average molecular weight is 315 g/mol. The van der Waals surface area contributed by atoms with E-state index in [1.807, 2.05) is 6.08 Å². The second-order valence-electron chi connectivity index (χ2n) is 4.70. The van der Waals surface area contributed by atoms with Gasteiger partial charge in [-0.15, -0.1) is 13.2 Å². The predicted molar refractivity (Wildman–Crippen MR) is 75.7 cm³/mol. The molecule has 1 aliphatic rings. The lowest BCUT2D eigenvalue weighted by Gasteiger charge is -2.15. The van der Waals surface area contributed by atoms with Crippen molar-refractivity contribution in [2.24, 2.45) is 0 Å². The number of nitrogens with one attached hydrogen (secondary N) is 3. The molecule has 0 saturated heterocycles. The Morgan fingerprint density at radius 3 is 2.59 bits per heavy atom.